The number of hydrogen-bond acceptors (Lipinski definition) is 4. The van der Waals surface area contributed by atoms with Gasteiger partial charge in [-0.2, -0.15) is 0 Å². The fraction of sp³-hybridized carbons (Fsp3) is 0.750. The van der Waals surface area contributed by atoms with Crippen LogP contribution in [0.4, 0.5) is 5.95 Å². The highest BCUT2D eigenvalue weighted by atomic mass is 16.3. The molecule has 0 fully saturated rings. The maximum atomic E-state index is 9.72. The van der Waals surface area contributed by atoms with Crippen LogP contribution in [0, 0.1) is 5.41 Å². The predicted molar refractivity (Wildman–Crippen MR) is 49.9 cm³/mol. The lowest BCUT2D eigenvalue weighted by molar-refractivity contribution is 0.0450. The molecule has 1 unspecified atom stereocenters. The van der Waals surface area contributed by atoms with Crippen molar-refractivity contribution in [3.8, 4) is 0 Å². The first-order valence-electron chi connectivity index (χ1n) is 4.22. The predicted octanol–water partition coefficient (Wildman–Crippen LogP) is 0.267. The lowest BCUT2D eigenvalue weighted by Gasteiger charge is -2.25. The molecule has 0 saturated carbocycles. The van der Waals surface area contributed by atoms with E-state index in [4.69, 9.17) is 5.73 Å². The third-order valence-electron chi connectivity index (χ3n) is 1.91. The standard InChI is InChI=1S/C8H16N4O/c1-8(2,3)6(13)4-12-5-10-7(9)11-12/h5-6,13H,4H2,1-3H3,(H2,9,11). The van der Waals surface area contributed by atoms with E-state index in [1.165, 1.54) is 6.33 Å². The molecule has 0 bridgehead atoms. The van der Waals surface area contributed by atoms with Gasteiger partial charge in [-0.05, 0) is 5.41 Å². The number of aliphatic hydroxyl groups is 1. The third-order valence-corrected chi connectivity index (χ3v) is 1.91. The second kappa shape index (κ2) is 3.33. The Labute approximate surface area is 77.6 Å². The van der Waals surface area contributed by atoms with Crippen molar-refractivity contribution in [2.75, 3.05) is 5.73 Å². The molecule has 1 atom stereocenters. The zero-order valence-electron chi connectivity index (χ0n) is 8.23. The van der Waals surface area contributed by atoms with Crippen LogP contribution in [0.2, 0.25) is 0 Å². The first-order valence-corrected chi connectivity index (χ1v) is 4.22. The maximum absolute atomic E-state index is 9.72. The molecule has 0 aliphatic heterocycles. The number of nitrogen functional groups attached to an aromatic ring is 1. The monoisotopic (exact) mass is 184 g/mol. The molecule has 0 aromatic carbocycles. The molecule has 1 heterocycles. The van der Waals surface area contributed by atoms with Crippen molar-refractivity contribution in [1.82, 2.24) is 14.8 Å². The number of aliphatic hydroxyl groups excluding tert-OH is 1. The number of nitrogens with zero attached hydrogens (tertiary/aromatic N) is 3. The van der Waals surface area contributed by atoms with Crippen molar-refractivity contribution in [2.24, 2.45) is 5.41 Å². The van der Waals surface area contributed by atoms with Gasteiger partial charge in [-0.25, -0.2) is 9.67 Å². The number of anilines is 1. The van der Waals surface area contributed by atoms with Crippen molar-refractivity contribution in [3.63, 3.8) is 0 Å². The zero-order valence-corrected chi connectivity index (χ0v) is 8.23. The van der Waals surface area contributed by atoms with Gasteiger partial charge in [-0.15, -0.1) is 5.10 Å². The van der Waals surface area contributed by atoms with Gasteiger partial charge in [0.2, 0.25) is 5.95 Å². The van der Waals surface area contributed by atoms with Crippen LogP contribution in [0.1, 0.15) is 20.8 Å². The molecular formula is C8H16N4O. The summed E-state index contributed by atoms with van der Waals surface area (Å²) in [6, 6.07) is 0. The van der Waals surface area contributed by atoms with Gasteiger partial charge in [0.25, 0.3) is 0 Å². The third kappa shape index (κ3) is 2.69. The van der Waals surface area contributed by atoms with E-state index in [9.17, 15) is 5.11 Å². The Morgan fingerprint density at radius 3 is 2.62 bits per heavy atom. The van der Waals surface area contributed by atoms with Crippen LogP contribution in [0.25, 0.3) is 0 Å². The second-order valence-corrected chi connectivity index (χ2v) is 4.21. The van der Waals surface area contributed by atoms with Crippen molar-refractivity contribution in [2.45, 2.75) is 33.4 Å². The fourth-order valence-corrected chi connectivity index (χ4v) is 0.848. The van der Waals surface area contributed by atoms with Crippen LogP contribution < -0.4 is 5.73 Å². The molecule has 0 amide bonds. The van der Waals surface area contributed by atoms with Gasteiger partial charge < -0.3 is 10.8 Å². The Bertz CT molecular complexity index is 276. The Hall–Kier alpha value is -1.10. The highest BCUT2D eigenvalue weighted by molar-refractivity contribution is 5.09. The molecule has 74 valence electrons. The van der Waals surface area contributed by atoms with E-state index >= 15 is 0 Å². The minimum Gasteiger partial charge on any atom is -0.391 e. The summed E-state index contributed by atoms with van der Waals surface area (Å²) in [5.41, 5.74) is 5.19. The summed E-state index contributed by atoms with van der Waals surface area (Å²) in [7, 11) is 0. The Morgan fingerprint density at radius 1 is 1.62 bits per heavy atom. The van der Waals surface area contributed by atoms with Crippen LogP contribution in [-0.2, 0) is 6.54 Å². The number of rotatable bonds is 2. The highest BCUT2D eigenvalue weighted by Crippen LogP contribution is 2.19. The van der Waals surface area contributed by atoms with Crippen molar-refractivity contribution in [3.05, 3.63) is 6.33 Å². The summed E-state index contributed by atoms with van der Waals surface area (Å²) in [5, 5.41) is 13.6. The minimum absolute atomic E-state index is 0.152. The Kier molecular flexibility index (Phi) is 2.56. The molecular weight excluding hydrogens is 168 g/mol. The topological polar surface area (TPSA) is 77.0 Å². The molecule has 0 spiro atoms. The van der Waals surface area contributed by atoms with Gasteiger partial charge >= 0.3 is 0 Å². The number of nitrogens with two attached hydrogens (primary N) is 1. The van der Waals surface area contributed by atoms with Crippen molar-refractivity contribution >= 4 is 5.95 Å². The van der Waals surface area contributed by atoms with E-state index in [0.717, 1.165) is 0 Å². The normalized spacial score (nSPS) is 14.5. The Morgan fingerprint density at radius 2 is 2.23 bits per heavy atom. The first kappa shape index (κ1) is 9.98. The Balaban J connectivity index is 2.60. The van der Waals surface area contributed by atoms with E-state index in [1.807, 2.05) is 20.8 Å². The number of aromatic nitrogens is 3. The van der Waals surface area contributed by atoms with Gasteiger partial charge in [-0.1, -0.05) is 20.8 Å². The van der Waals surface area contributed by atoms with Crippen molar-refractivity contribution < 1.29 is 5.11 Å². The molecule has 1 aromatic heterocycles. The van der Waals surface area contributed by atoms with Crippen LogP contribution in [0.3, 0.4) is 0 Å². The summed E-state index contributed by atoms with van der Waals surface area (Å²) >= 11 is 0. The van der Waals surface area contributed by atoms with Gasteiger partial charge in [0.1, 0.15) is 6.33 Å². The molecule has 1 aromatic rings. The molecule has 1 rings (SSSR count). The average Bonchev–Trinajstić information content (AvgIpc) is 2.33. The lowest BCUT2D eigenvalue weighted by Crippen LogP contribution is -2.30. The van der Waals surface area contributed by atoms with E-state index in [1.54, 1.807) is 4.68 Å². The zero-order chi connectivity index (χ0) is 10.1. The lowest BCUT2D eigenvalue weighted by atomic mass is 9.89. The second-order valence-electron chi connectivity index (χ2n) is 4.21. The molecule has 0 aliphatic rings. The summed E-state index contributed by atoms with van der Waals surface area (Å²) in [5.74, 6) is 0.237. The summed E-state index contributed by atoms with van der Waals surface area (Å²) in [6.45, 7) is 6.33. The molecule has 0 saturated heterocycles. The summed E-state index contributed by atoms with van der Waals surface area (Å²) < 4.78 is 1.55. The van der Waals surface area contributed by atoms with Crippen LogP contribution in [0.5, 0.6) is 0 Å². The van der Waals surface area contributed by atoms with E-state index < -0.39 is 6.10 Å². The number of hydrogen-bond donors (Lipinski definition) is 2. The average molecular weight is 184 g/mol. The molecule has 0 radical (unpaired) electrons. The van der Waals surface area contributed by atoms with Gasteiger partial charge in [0, 0.05) is 0 Å². The first-order chi connectivity index (χ1) is 5.89. The van der Waals surface area contributed by atoms with Crippen LogP contribution >= 0.6 is 0 Å². The molecule has 13 heavy (non-hydrogen) atoms. The van der Waals surface area contributed by atoms with Gasteiger partial charge in [0.05, 0.1) is 12.6 Å². The SMILES string of the molecule is CC(C)(C)C(O)Cn1cnc(N)n1. The quantitative estimate of drug-likeness (QED) is 0.691. The van der Waals surface area contributed by atoms with Crippen molar-refractivity contribution in [1.29, 1.82) is 0 Å². The molecule has 0 aliphatic carbocycles. The van der Waals surface area contributed by atoms with E-state index in [2.05, 4.69) is 10.1 Å². The van der Waals surface area contributed by atoms with E-state index in [0.29, 0.717) is 6.54 Å². The molecule has 3 N–H and O–H groups in total. The van der Waals surface area contributed by atoms with E-state index in [-0.39, 0.29) is 11.4 Å². The van der Waals surface area contributed by atoms with Crippen LogP contribution in [0.15, 0.2) is 6.33 Å². The maximum Gasteiger partial charge on any atom is 0.239 e. The molecule has 5 nitrogen and oxygen atoms in total. The highest BCUT2D eigenvalue weighted by Gasteiger charge is 2.22. The fourth-order valence-electron chi connectivity index (χ4n) is 0.848. The smallest absolute Gasteiger partial charge is 0.239 e. The van der Waals surface area contributed by atoms with Crippen LogP contribution in [-0.4, -0.2) is 26.0 Å². The minimum atomic E-state index is -0.450. The molecule has 5 heteroatoms. The largest absolute Gasteiger partial charge is 0.391 e. The van der Waals surface area contributed by atoms with Gasteiger partial charge in [-0.3, -0.25) is 0 Å². The van der Waals surface area contributed by atoms with Gasteiger partial charge in [0.15, 0.2) is 0 Å². The summed E-state index contributed by atoms with van der Waals surface area (Å²) in [4.78, 5) is 3.77. The summed E-state index contributed by atoms with van der Waals surface area (Å²) in [6.07, 6.45) is 1.07.